The summed E-state index contributed by atoms with van der Waals surface area (Å²) >= 11 is 0. The highest BCUT2D eigenvalue weighted by Gasteiger charge is 2.56. The van der Waals surface area contributed by atoms with Gasteiger partial charge >= 0.3 is 0 Å². The summed E-state index contributed by atoms with van der Waals surface area (Å²) < 4.78 is 5.33. The van der Waals surface area contributed by atoms with Crippen molar-refractivity contribution in [3.63, 3.8) is 0 Å². The van der Waals surface area contributed by atoms with Gasteiger partial charge in [0.2, 0.25) is 11.8 Å². The Balaban J connectivity index is 1.46. The Hall–Kier alpha value is -4.59. The van der Waals surface area contributed by atoms with Crippen molar-refractivity contribution in [1.82, 2.24) is 0 Å². The van der Waals surface area contributed by atoms with Gasteiger partial charge in [0.15, 0.2) is 28.8 Å². The molecular formula is C32H27NO7. The van der Waals surface area contributed by atoms with Crippen LogP contribution in [0.2, 0.25) is 0 Å². The smallest absolute Gasteiger partial charge is 0.238 e. The lowest BCUT2D eigenvalue weighted by atomic mass is 9.59. The predicted octanol–water partition coefficient (Wildman–Crippen LogP) is 4.24. The first-order valence-corrected chi connectivity index (χ1v) is 13.2. The highest BCUT2D eigenvalue weighted by molar-refractivity contribution is 6.25. The summed E-state index contributed by atoms with van der Waals surface area (Å²) in [6.45, 7) is 3.06. The molecule has 1 N–H and O–H groups in total. The summed E-state index contributed by atoms with van der Waals surface area (Å²) in [5.41, 5.74) is 3.44. The van der Waals surface area contributed by atoms with Crippen LogP contribution in [0.4, 0.5) is 5.69 Å². The van der Waals surface area contributed by atoms with E-state index >= 15 is 0 Å². The fourth-order valence-electron chi connectivity index (χ4n) is 6.71. The number of amides is 2. The number of ketones is 3. The molecule has 0 aromatic heterocycles. The molecule has 2 amide bonds. The molecule has 3 aliphatic carbocycles. The zero-order chi connectivity index (χ0) is 28.5. The summed E-state index contributed by atoms with van der Waals surface area (Å²) in [4.78, 5) is 67.2. The molecule has 0 bridgehead atoms. The van der Waals surface area contributed by atoms with Crippen molar-refractivity contribution in [3.05, 3.63) is 88.0 Å². The molecule has 202 valence electrons. The van der Waals surface area contributed by atoms with Crippen molar-refractivity contribution >= 4 is 34.9 Å². The van der Waals surface area contributed by atoms with Gasteiger partial charge in [-0.2, -0.15) is 0 Å². The average molecular weight is 538 g/mol. The van der Waals surface area contributed by atoms with E-state index in [2.05, 4.69) is 0 Å². The van der Waals surface area contributed by atoms with Crippen molar-refractivity contribution in [1.29, 1.82) is 0 Å². The zero-order valence-electron chi connectivity index (χ0n) is 22.3. The van der Waals surface area contributed by atoms with Gasteiger partial charge < -0.3 is 9.84 Å². The van der Waals surface area contributed by atoms with Crippen LogP contribution in [0.1, 0.15) is 48.5 Å². The zero-order valence-corrected chi connectivity index (χ0v) is 22.3. The number of hydrogen-bond acceptors (Lipinski definition) is 7. The molecular weight excluding hydrogens is 510 g/mol. The van der Waals surface area contributed by atoms with Crippen LogP contribution < -0.4 is 9.64 Å². The standard InChI is InChI=1S/C32H27NO7/c1-15-12-25(36)23-14-22-20(27(29(23)30(15)37)18-6-11-24(35)26(13-18)40-3)9-10-21-28(22)32(39)33(31(21)38)19-7-4-17(5-8-19)16(2)34/h4-9,11-13,21-22,27-28,35H,10,14H2,1-3H3/t21-,22+,27-,28-/m0/s1. The van der Waals surface area contributed by atoms with Gasteiger partial charge in [0.1, 0.15) is 0 Å². The fourth-order valence-corrected chi connectivity index (χ4v) is 6.71. The Kier molecular flexibility index (Phi) is 5.94. The van der Waals surface area contributed by atoms with Crippen LogP contribution >= 0.6 is 0 Å². The van der Waals surface area contributed by atoms with E-state index in [4.69, 9.17) is 4.74 Å². The summed E-state index contributed by atoms with van der Waals surface area (Å²) in [6, 6.07) is 11.2. The number of nitrogens with zero attached hydrogens (tertiary/aromatic N) is 1. The van der Waals surface area contributed by atoms with Crippen LogP contribution in [0.5, 0.6) is 11.5 Å². The first-order chi connectivity index (χ1) is 19.1. The first-order valence-electron chi connectivity index (χ1n) is 13.2. The third kappa shape index (κ3) is 3.70. The molecule has 0 radical (unpaired) electrons. The van der Waals surface area contributed by atoms with E-state index in [1.807, 2.05) is 6.08 Å². The highest BCUT2D eigenvalue weighted by atomic mass is 16.5. The van der Waals surface area contributed by atoms with Crippen molar-refractivity contribution in [3.8, 4) is 11.5 Å². The van der Waals surface area contributed by atoms with Gasteiger partial charge in [-0.25, -0.2) is 0 Å². The highest BCUT2D eigenvalue weighted by Crippen LogP contribution is 2.55. The van der Waals surface area contributed by atoms with Gasteiger partial charge in [-0.1, -0.05) is 17.7 Å². The SMILES string of the molecule is COc1cc([C@H]2C3=CC[C@@H]4C(=O)N(c5ccc(C(C)=O)cc5)C(=O)[C@@H]4[C@@H]3CC3=C2C(=O)C(C)=CC3=O)ccc1O. The number of hydrogen-bond donors (Lipinski definition) is 1. The minimum Gasteiger partial charge on any atom is -0.504 e. The average Bonchev–Trinajstić information content (AvgIpc) is 3.20. The topological polar surface area (TPSA) is 118 Å². The molecule has 40 heavy (non-hydrogen) atoms. The number of methoxy groups -OCH3 is 1. The first kappa shape index (κ1) is 25.7. The van der Waals surface area contributed by atoms with Gasteiger partial charge in [-0.3, -0.25) is 28.9 Å². The molecule has 0 saturated carbocycles. The molecule has 0 unspecified atom stereocenters. The van der Waals surface area contributed by atoms with Gasteiger partial charge in [0.25, 0.3) is 0 Å². The number of phenols is 1. The van der Waals surface area contributed by atoms with E-state index in [9.17, 15) is 29.1 Å². The molecule has 2 aromatic carbocycles. The Labute approximate surface area is 230 Å². The lowest BCUT2D eigenvalue weighted by Gasteiger charge is -2.42. The van der Waals surface area contributed by atoms with E-state index in [0.29, 0.717) is 40.0 Å². The van der Waals surface area contributed by atoms with Gasteiger partial charge in [-0.05, 0) is 80.6 Å². The maximum Gasteiger partial charge on any atom is 0.238 e. The molecule has 1 saturated heterocycles. The Morgan fingerprint density at radius 2 is 1.73 bits per heavy atom. The lowest BCUT2D eigenvalue weighted by Crippen LogP contribution is -2.39. The molecule has 0 spiro atoms. The van der Waals surface area contributed by atoms with Gasteiger partial charge in [0.05, 0.1) is 24.6 Å². The molecule has 4 aliphatic rings. The summed E-state index contributed by atoms with van der Waals surface area (Å²) in [5, 5.41) is 10.2. The number of benzene rings is 2. The monoisotopic (exact) mass is 537 g/mol. The van der Waals surface area contributed by atoms with E-state index in [1.165, 1.54) is 31.1 Å². The third-order valence-corrected chi connectivity index (χ3v) is 8.63. The van der Waals surface area contributed by atoms with Crippen LogP contribution in [0.15, 0.2) is 76.9 Å². The number of aromatic hydroxyl groups is 1. The predicted molar refractivity (Wildman–Crippen MR) is 145 cm³/mol. The third-order valence-electron chi connectivity index (χ3n) is 8.63. The molecule has 1 fully saturated rings. The van der Waals surface area contributed by atoms with Crippen molar-refractivity contribution in [2.75, 3.05) is 12.0 Å². The second-order valence-electron chi connectivity index (χ2n) is 10.8. The van der Waals surface area contributed by atoms with Crippen LogP contribution in [-0.2, 0) is 19.2 Å². The Morgan fingerprint density at radius 3 is 2.40 bits per heavy atom. The number of carbonyl (C=O) groups is 5. The molecule has 1 heterocycles. The Bertz CT molecular complexity index is 1620. The summed E-state index contributed by atoms with van der Waals surface area (Å²) in [7, 11) is 1.43. The lowest BCUT2D eigenvalue weighted by molar-refractivity contribution is -0.123. The van der Waals surface area contributed by atoms with Gasteiger partial charge in [-0.15, -0.1) is 0 Å². The number of carbonyl (C=O) groups excluding carboxylic acids is 5. The van der Waals surface area contributed by atoms with Crippen molar-refractivity contribution in [2.45, 2.75) is 32.6 Å². The number of anilines is 1. The number of Topliss-reactive ketones (excluding diaryl/α,β-unsaturated/α-hetero) is 2. The molecule has 2 aromatic rings. The van der Waals surface area contributed by atoms with Crippen LogP contribution in [0, 0.1) is 17.8 Å². The van der Waals surface area contributed by atoms with E-state index in [1.54, 1.807) is 43.3 Å². The maximum atomic E-state index is 13.9. The number of imide groups is 1. The minimum absolute atomic E-state index is 0.0596. The Morgan fingerprint density at radius 1 is 1.00 bits per heavy atom. The van der Waals surface area contributed by atoms with E-state index in [-0.39, 0.29) is 47.1 Å². The largest absolute Gasteiger partial charge is 0.504 e. The van der Waals surface area contributed by atoms with E-state index < -0.39 is 23.7 Å². The van der Waals surface area contributed by atoms with Crippen molar-refractivity contribution in [2.24, 2.45) is 17.8 Å². The number of allylic oxidation sites excluding steroid dienone is 6. The second-order valence-corrected chi connectivity index (χ2v) is 10.8. The number of phenolic OH excluding ortho intramolecular Hbond substituents is 1. The van der Waals surface area contributed by atoms with Crippen LogP contribution in [0.3, 0.4) is 0 Å². The normalized spacial score (nSPS) is 25.7. The number of ether oxygens (including phenoxy) is 1. The molecule has 6 rings (SSSR count). The second kappa shape index (κ2) is 9.26. The maximum absolute atomic E-state index is 13.9. The van der Waals surface area contributed by atoms with Gasteiger partial charge in [0, 0.05) is 28.2 Å². The fraction of sp³-hybridized carbons (Fsp3) is 0.281. The minimum atomic E-state index is -0.703. The molecule has 8 heteroatoms. The summed E-state index contributed by atoms with van der Waals surface area (Å²) in [5.74, 6) is -3.51. The quantitative estimate of drug-likeness (QED) is 0.268. The molecule has 1 aliphatic heterocycles. The number of rotatable bonds is 4. The number of fused-ring (bicyclic) bond motifs is 3. The molecule has 4 atom stereocenters. The van der Waals surface area contributed by atoms with E-state index in [0.717, 1.165) is 5.57 Å². The van der Waals surface area contributed by atoms with Crippen LogP contribution in [0.25, 0.3) is 0 Å². The summed E-state index contributed by atoms with van der Waals surface area (Å²) in [6.07, 6.45) is 3.78. The van der Waals surface area contributed by atoms with Crippen molar-refractivity contribution < 1.29 is 33.8 Å². The molecule has 8 nitrogen and oxygen atoms in total. The van der Waals surface area contributed by atoms with Crippen LogP contribution in [-0.4, -0.2) is 41.4 Å².